The Morgan fingerprint density at radius 3 is 2.79 bits per heavy atom. The van der Waals surface area contributed by atoms with Crippen LogP contribution in [0.2, 0.25) is 0 Å². The molecule has 4 rings (SSSR count). The van der Waals surface area contributed by atoms with Gasteiger partial charge in [-0.05, 0) is 37.1 Å². The number of aromatic nitrogens is 1. The second-order valence-electron chi connectivity index (χ2n) is 6.56. The second-order valence-corrected chi connectivity index (χ2v) is 6.56. The van der Waals surface area contributed by atoms with Gasteiger partial charge in [-0.1, -0.05) is 31.0 Å². The number of rotatable bonds is 2. The number of nitrogens with zero attached hydrogens (tertiary/aromatic N) is 2. The minimum atomic E-state index is -0.000648. The van der Waals surface area contributed by atoms with E-state index in [0.29, 0.717) is 5.76 Å². The third-order valence-corrected chi connectivity index (χ3v) is 4.98. The number of hydrogen-bond acceptors (Lipinski definition) is 2. The highest BCUT2D eigenvalue weighted by Gasteiger charge is 2.30. The van der Waals surface area contributed by atoms with Gasteiger partial charge >= 0.3 is 0 Å². The van der Waals surface area contributed by atoms with Gasteiger partial charge in [0.15, 0.2) is 5.76 Å². The van der Waals surface area contributed by atoms with Crippen molar-refractivity contribution < 1.29 is 9.21 Å². The Morgan fingerprint density at radius 2 is 2.00 bits per heavy atom. The van der Waals surface area contributed by atoms with E-state index < -0.39 is 0 Å². The molecule has 0 aliphatic carbocycles. The van der Waals surface area contributed by atoms with Crippen LogP contribution in [0.15, 0.2) is 53.1 Å². The zero-order valence-corrected chi connectivity index (χ0v) is 13.9. The molecule has 1 aliphatic heterocycles. The summed E-state index contributed by atoms with van der Waals surface area (Å²) in [5.74, 6) is 0.441. The molecule has 0 saturated carbocycles. The summed E-state index contributed by atoms with van der Waals surface area (Å²) < 4.78 is 7.94. The van der Waals surface area contributed by atoms with E-state index in [1.54, 1.807) is 0 Å². The molecule has 3 aromatic rings. The standard InChI is InChI=1S/C20H22N2O2/c1-21-12-7-10-16(21)17-9-3-2-6-13-22(17)20(23)19-14-15-8-4-5-11-18(15)24-19/h4-5,7-8,10-12,14,17H,2-3,6,9,13H2,1H3/t17-/m1/s1. The van der Waals surface area contributed by atoms with Gasteiger partial charge in [0.05, 0.1) is 6.04 Å². The molecule has 1 aromatic carbocycles. The zero-order valence-electron chi connectivity index (χ0n) is 13.9. The topological polar surface area (TPSA) is 38.4 Å². The summed E-state index contributed by atoms with van der Waals surface area (Å²) >= 11 is 0. The normalized spacial score (nSPS) is 18.7. The summed E-state index contributed by atoms with van der Waals surface area (Å²) in [6, 6.07) is 13.9. The van der Waals surface area contributed by atoms with Gasteiger partial charge in [0, 0.05) is 30.9 Å². The van der Waals surface area contributed by atoms with Crippen LogP contribution >= 0.6 is 0 Å². The monoisotopic (exact) mass is 322 g/mol. The summed E-state index contributed by atoms with van der Waals surface area (Å²) in [6.45, 7) is 0.783. The maximum Gasteiger partial charge on any atom is 0.290 e. The number of benzene rings is 1. The number of furan rings is 1. The van der Waals surface area contributed by atoms with Crippen molar-refractivity contribution in [2.45, 2.75) is 31.7 Å². The van der Waals surface area contributed by atoms with Crippen molar-refractivity contribution in [1.82, 2.24) is 9.47 Å². The predicted molar refractivity (Wildman–Crippen MR) is 93.9 cm³/mol. The molecule has 3 heterocycles. The minimum absolute atomic E-state index is 0.000648. The van der Waals surface area contributed by atoms with E-state index in [9.17, 15) is 4.79 Å². The first kappa shape index (κ1) is 15.1. The fraction of sp³-hybridized carbons (Fsp3) is 0.350. The molecule has 0 N–H and O–H groups in total. The molecule has 1 atom stereocenters. The first-order valence-corrected chi connectivity index (χ1v) is 8.65. The highest BCUT2D eigenvalue weighted by atomic mass is 16.3. The Bertz CT molecular complexity index is 828. The average Bonchev–Trinajstić information content (AvgIpc) is 3.13. The minimum Gasteiger partial charge on any atom is -0.451 e. The smallest absolute Gasteiger partial charge is 0.290 e. The summed E-state index contributed by atoms with van der Waals surface area (Å²) in [5.41, 5.74) is 1.97. The van der Waals surface area contributed by atoms with E-state index in [0.717, 1.165) is 36.8 Å². The number of aryl methyl sites for hydroxylation is 1. The van der Waals surface area contributed by atoms with Crippen LogP contribution < -0.4 is 0 Å². The molecular weight excluding hydrogens is 300 g/mol. The molecule has 0 unspecified atom stereocenters. The Labute approximate surface area is 141 Å². The zero-order chi connectivity index (χ0) is 16.5. The van der Waals surface area contributed by atoms with E-state index in [2.05, 4.69) is 10.6 Å². The van der Waals surface area contributed by atoms with Crippen LogP contribution in [0.25, 0.3) is 11.0 Å². The first-order valence-electron chi connectivity index (χ1n) is 8.65. The fourth-order valence-electron chi connectivity index (χ4n) is 3.71. The maximum absolute atomic E-state index is 13.2. The third-order valence-electron chi connectivity index (χ3n) is 4.98. The fourth-order valence-corrected chi connectivity index (χ4v) is 3.71. The number of carbonyl (C=O) groups is 1. The molecule has 4 heteroatoms. The lowest BCUT2D eigenvalue weighted by atomic mass is 10.1. The third kappa shape index (κ3) is 2.62. The Balaban J connectivity index is 1.70. The average molecular weight is 322 g/mol. The Kier molecular flexibility index (Phi) is 3.89. The van der Waals surface area contributed by atoms with E-state index >= 15 is 0 Å². The number of carbonyl (C=O) groups excluding carboxylic acids is 1. The molecule has 1 fully saturated rings. The summed E-state index contributed by atoms with van der Waals surface area (Å²) in [6.07, 6.45) is 6.42. The molecule has 124 valence electrons. The number of fused-ring (bicyclic) bond motifs is 1. The van der Waals surface area contributed by atoms with E-state index in [-0.39, 0.29) is 11.9 Å². The summed E-state index contributed by atoms with van der Waals surface area (Å²) in [4.78, 5) is 15.2. The largest absolute Gasteiger partial charge is 0.451 e. The van der Waals surface area contributed by atoms with Crippen LogP contribution in [0.3, 0.4) is 0 Å². The molecule has 1 amide bonds. The predicted octanol–water partition coefficient (Wildman–Crippen LogP) is 4.53. The highest BCUT2D eigenvalue weighted by molar-refractivity contribution is 5.96. The molecule has 0 radical (unpaired) electrons. The lowest BCUT2D eigenvalue weighted by molar-refractivity contribution is 0.0644. The number of para-hydroxylation sites is 1. The van der Waals surface area contributed by atoms with Crippen molar-refractivity contribution in [3.63, 3.8) is 0 Å². The van der Waals surface area contributed by atoms with Gasteiger partial charge in [0.25, 0.3) is 5.91 Å². The molecule has 1 saturated heterocycles. The lowest BCUT2D eigenvalue weighted by Gasteiger charge is -2.30. The molecule has 2 aromatic heterocycles. The molecule has 0 bridgehead atoms. The van der Waals surface area contributed by atoms with E-state index in [4.69, 9.17) is 4.42 Å². The first-order chi connectivity index (χ1) is 11.7. The van der Waals surface area contributed by atoms with Crippen LogP contribution in [-0.2, 0) is 7.05 Å². The van der Waals surface area contributed by atoms with Gasteiger partial charge in [0.1, 0.15) is 5.58 Å². The Hall–Kier alpha value is -2.49. The number of amides is 1. The molecular formula is C20H22N2O2. The van der Waals surface area contributed by atoms with E-state index in [1.165, 1.54) is 12.1 Å². The highest BCUT2D eigenvalue weighted by Crippen LogP contribution is 2.32. The molecule has 1 aliphatic rings. The number of likely N-dealkylation sites (tertiary alicyclic amines) is 1. The maximum atomic E-state index is 13.2. The SMILES string of the molecule is Cn1cccc1[C@H]1CCCCCN1C(=O)c1cc2ccccc2o1. The van der Waals surface area contributed by atoms with Crippen LogP contribution in [0.4, 0.5) is 0 Å². The van der Waals surface area contributed by atoms with Crippen LogP contribution in [0.1, 0.15) is 48.0 Å². The molecule has 24 heavy (non-hydrogen) atoms. The van der Waals surface area contributed by atoms with Gasteiger partial charge in [0.2, 0.25) is 0 Å². The van der Waals surface area contributed by atoms with Gasteiger partial charge in [-0.15, -0.1) is 0 Å². The van der Waals surface area contributed by atoms with Gasteiger partial charge in [-0.3, -0.25) is 4.79 Å². The van der Waals surface area contributed by atoms with Crippen molar-refractivity contribution in [2.24, 2.45) is 7.05 Å². The van der Waals surface area contributed by atoms with Crippen molar-refractivity contribution in [3.05, 3.63) is 60.1 Å². The van der Waals surface area contributed by atoms with Crippen LogP contribution in [0, 0.1) is 0 Å². The Morgan fingerprint density at radius 1 is 1.12 bits per heavy atom. The van der Waals surface area contributed by atoms with Crippen molar-refractivity contribution in [3.8, 4) is 0 Å². The van der Waals surface area contributed by atoms with Gasteiger partial charge in [-0.2, -0.15) is 0 Å². The van der Waals surface area contributed by atoms with Crippen molar-refractivity contribution in [1.29, 1.82) is 0 Å². The van der Waals surface area contributed by atoms with Crippen LogP contribution in [-0.4, -0.2) is 21.9 Å². The van der Waals surface area contributed by atoms with Crippen LogP contribution in [0.5, 0.6) is 0 Å². The van der Waals surface area contributed by atoms with E-state index in [1.807, 2.05) is 54.5 Å². The molecule has 0 spiro atoms. The number of hydrogen-bond donors (Lipinski definition) is 0. The van der Waals surface area contributed by atoms with Crippen molar-refractivity contribution >= 4 is 16.9 Å². The quantitative estimate of drug-likeness (QED) is 0.695. The second kappa shape index (κ2) is 6.19. The van der Waals surface area contributed by atoms with Gasteiger partial charge < -0.3 is 13.9 Å². The lowest BCUT2D eigenvalue weighted by Crippen LogP contribution is -2.35. The molecule has 4 nitrogen and oxygen atoms in total. The van der Waals surface area contributed by atoms with Gasteiger partial charge in [-0.25, -0.2) is 0 Å². The summed E-state index contributed by atoms with van der Waals surface area (Å²) in [7, 11) is 2.05. The van der Waals surface area contributed by atoms with Crippen molar-refractivity contribution in [2.75, 3.05) is 6.54 Å². The summed E-state index contributed by atoms with van der Waals surface area (Å²) in [5, 5.41) is 0.978.